The lowest BCUT2D eigenvalue weighted by Gasteiger charge is -2.25. The van der Waals surface area contributed by atoms with Crippen molar-refractivity contribution in [1.29, 1.82) is 0 Å². The molecule has 1 unspecified atom stereocenters. The molecule has 1 aromatic carbocycles. The quantitative estimate of drug-likeness (QED) is 0.764. The lowest BCUT2D eigenvalue weighted by molar-refractivity contribution is 0.0738. The number of hydrogen-bond acceptors (Lipinski definition) is 4. The van der Waals surface area contributed by atoms with Crippen LogP contribution < -0.4 is 4.74 Å². The van der Waals surface area contributed by atoms with E-state index in [4.69, 9.17) is 4.74 Å². The van der Waals surface area contributed by atoms with Crippen molar-refractivity contribution in [3.8, 4) is 5.75 Å². The Labute approximate surface area is 135 Å². The van der Waals surface area contributed by atoms with Crippen molar-refractivity contribution in [2.24, 2.45) is 0 Å². The highest BCUT2D eigenvalue weighted by Gasteiger charge is 2.44. The van der Waals surface area contributed by atoms with Gasteiger partial charge in [0, 0.05) is 5.56 Å². The van der Waals surface area contributed by atoms with Crippen LogP contribution in [0.2, 0.25) is 0 Å². The topological polar surface area (TPSA) is 59.7 Å². The molecule has 3 aromatic rings. The molecule has 112 valence electrons. The van der Waals surface area contributed by atoms with Crippen LogP contribution in [0.4, 0.5) is 0 Å². The molecule has 4 rings (SSSR count). The summed E-state index contributed by atoms with van der Waals surface area (Å²) in [5, 5.41) is 15.9. The number of aliphatic hydroxyl groups is 1. The van der Waals surface area contributed by atoms with Crippen LogP contribution in [0.5, 0.6) is 5.75 Å². The van der Waals surface area contributed by atoms with Gasteiger partial charge in [-0.25, -0.2) is 9.50 Å². The minimum absolute atomic E-state index is 0.572. The van der Waals surface area contributed by atoms with Gasteiger partial charge in [0.1, 0.15) is 21.6 Å². The lowest BCUT2D eigenvalue weighted by Crippen LogP contribution is -2.27. The summed E-state index contributed by atoms with van der Waals surface area (Å²) < 4.78 is 7.86. The van der Waals surface area contributed by atoms with Crippen LogP contribution in [0.3, 0.4) is 0 Å². The average Bonchev–Trinajstić information content (AvgIpc) is 3.06. The number of para-hydroxylation sites is 1. The number of halogens is 1. The molecule has 0 radical (unpaired) electrons. The Morgan fingerprint density at radius 3 is 2.91 bits per heavy atom. The molecule has 0 spiro atoms. The summed E-state index contributed by atoms with van der Waals surface area (Å²) >= 11 is 3.38. The Bertz CT molecular complexity index is 877. The molecule has 5 nitrogen and oxygen atoms in total. The summed E-state index contributed by atoms with van der Waals surface area (Å²) in [6.45, 7) is 0. The number of benzene rings is 1. The largest absolute Gasteiger partial charge is 0.496 e. The molecule has 6 heteroatoms. The first-order valence-corrected chi connectivity index (χ1v) is 7.83. The summed E-state index contributed by atoms with van der Waals surface area (Å²) in [4.78, 5) is 4.59. The fraction of sp³-hybridized carbons (Fsp3) is 0.250. The van der Waals surface area contributed by atoms with E-state index >= 15 is 0 Å². The molecule has 1 atom stereocenters. The Balaban J connectivity index is 2.00. The van der Waals surface area contributed by atoms with E-state index in [1.807, 2.05) is 36.4 Å². The van der Waals surface area contributed by atoms with Crippen molar-refractivity contribution in [2.75, 3.05) is 7.11 Å². The monoisotopic (exact) mass is 359 g/mol. The van der Waals surface area contributed by atoms with Crippen LogP contribution in [0.15, 0.2) is 41.0 Å². The summed E-state index contributed by atoms with van der Waals surface area (Å²) in [7, 11) is 1.61. The van der Waals surface area contributed by atoms with E-state index in [-0.39, 0.29) is 0 Å². The van der Waals surface area contributed by atoms with Crippen molar-refractivity contribution in [3.63, 3.8) is 0 Å². The number of aryl methyl sites for hydroxylation is 1. The van der Waals surface area contributed by atoms with Crippen molar-refractivity contribution < 1.29 is 9.84 Å². The van der Waals surface area contributed by atoms with Crippen LogP contribution in [0.1, 0.15) is 23.4 Å². The normalized spacial score (nSPS) is 20.3. The molecule has 2 heterocycles. The van der Waals surface area contributed by atoms with Crippen LogP contribution in [0, 0.1) is 0 Å². The van der Waals surface area contributed by atoms with Gasteiger partial charge in [0.05, 0.1) is 12.8 Å². The van der Waals surface area contributed by atoms with Crippen LogP contribution in [-0.4, -0.2) is 26.8 Å². The number of imidazole rings is 1. The van der Waals surface area contributed by atoms with Gasteiger partial charge in [-0.2, -0.15) is 5.10 Å². The minimum Gasteiger partial charge on any atom is -0.496 e. The second-order valence-electron chi connectivity index (χ2n) is 5.39. The van der Waals surface area contributed by atoms with Crippen LogP contribution in [0.25, 0.3) is 5.65 Å². The van der Waals surface area contributed by atoms with Gasteiger partial charge < -0.3 is 9.84 Å². The molecule has 1 N–H and O–H groups in total. The third kappa shape index (κ3) is 1.80. The second kappa shape index (κ2) is 4.79. The number of aromatic nitrogens is 3. The Hall–Kier alpha value is -1.92. The summed E-state index contributed by atoms with van der Waals surface area (Å²) in [5.74, 6) is 0.669. The van der Waals surface area contributed by atoms with E-state index in [1.54, 1.807) is 11.6 Å². The molecule has 1 aliphatic rings. The van der Waals surface area contributed by atoms with Gasteiger partial charge >= 0.3 is 0 Å². The molecule has 1 aliphatic carbocycles. The van der Waals surface area contributed by atoms with E-state index in [0.717, 1.165) is 22.6 Å². The lowest BCUT2D eigenvalue weighted by atomic mass is 9.90. The van der Waals surface area contributed by atoms with Gasteiger partial charge in [-0.15, -0.1) is 0 Å². The zero-order chi connectivity index (χ0) is 15.3. The fourth-order valence-electron chi connectivity index (χ4n) is 3.21. The first kappa shape index (κ1) is 13.7. The van der Waals surface area contributed by atoms with Crippen LogP contribution >= 0.6 is 15.9 Å². The molecular formula is C16H14BrN3O2. The van der Waals surface area contributed by atoms with Crippen molar-refractivity contribution in [2.45, 2.75) is 18.4 Å². The summed E-state index contributed by atoms with van der Waals surface area (Å²) in [6.07, 6.45) is 1.28. The fourth-order valence-corrected chi connectivity index (χ4v) is 3.50. The van der Waals surface area contributed by atoms with Crippen molar-refractivity contribution in [1.82, 2.24) is 14.6 Å². The number of hydrogen-bond donors (Lipinski definition) is 1. The highest BCUT2D eigenvalue weighted by Crippen LogP contribution is 2.45. The van der Waals surface area contributed by atoms with Gasteiger partial charge in [0.15, 0.2) is 5.65 Å². The molecule has 0 bridgehead atoms. The Morgan fingerprint density at radius 1 is 1.27 bits per heavy atom. The number of rotatable bonds is 2. The van der Waals surface area contributed by atoms with Gasteiger partial charge in [0.2, 0.25) is 0 Å². The van der Waals surface area contributed by atoms with E-state index in [0.29, 0.717) is 23.2 Å². The maximum atomic E-state index is 11.4. The Morgan fingerprint density at radius 2 is 2.09 bits per heavy atom. The average molecular weight is 360 g/mol. The molecule has 2 aromatic heterocycles. The molecule has 0 saturated heterocycles. The SMILES string of the molecule is COc1ccccc1C1(O)CCc2nc3ccc(Br)nn3c21. The van der Waals surface area contributed by atoms with Gasteiger partial charge in [-0.1, -0.05) is 18.2 Å². The zero-order valence-electron chi connectivity index (χ0n) is 12.0. The summed E-state index contributed by atoms with van der Waals surface area (Å²) in [6, 6.07) is 11.3. The van der Waals surface area contributed by atoms with Gasteiger partial charge in [0.25, 0.3) is 0 Å². The van der Waals surface area contributed by atoms with Crippen molar-refractivity contribution >= 4 is 21.6 Å². The predicted molar refractivity (Wildman–Crippen MR) is 85.0 cm³/mol. The Kier molecular flexibility index (Phi) is 2.99. The van der Waals surface area contributed by atoms with Crippen molar-refractivity contribution in [3.05, 3.63) is 58.0 Å². The number of nitrogens with zero attached hydrogens (tertiary/aromatic N) is 3. The number of methoxy groups -OCH3 is 1. The zero-order valence-corrected chi connectivity index (χ0v) is 13.5. The first-order valence-electron chi connectivity index (χ1n) is 7.04. The smallest absolute Gasteiger partial charge is 0.154 e. The molecule has 0 fully saturated rings. The predicted octanol–water partition coefficient (Wildman–Crippen LogP) is 2.68. The molecular weight excluding hydrogens is 346 g/mol. The highest BCUT2D eigenvalue weighted by molar-refractivity contribution is 9.10. The number of fused-ring (bicyclic) bond motifs is 3. The number of ether oxygens (including phenoxy) is 1. The van der Waals surface area contributed by atoms with E-state index in [9.17, 15) is 5.11 Å². The van der Waals surface area contributed by atoms with E-state index < -0.39 is 5.60 Å². The second-order valence-corrected chi connectivity index (χ2v) is 6.21. The first-order chi connectivity index (χ1) is 10.6. The molecule has 0 amide bonds. The highest BCUT2D eigenvalue weighted by atomic mass is 79.9. The molecule has 0 aliphatic heterocycles. The maximum absolute atomic E-state index is 11.4. The van der Waals surface area contributed by atoms with Crippen LogP contribution in [-0.2, 0) is 12.0 Å². The third-order valence-electron chi connectivity index (χ3n) is 4.19. The van der Waals surface area contributed by atoms with E-state index in [1.165, 1.54) is 0 Å². The third-order valence-corrected chi connectivity index (χ3v) is 4.61. The van der Waals surface area contributed by atoms with Gasteiger partial charge in [-0.3, -0.25) is 0 Å². The van der Waals surface area contributed by atoms with E-state index in [2.05, 4.69) is 26.0 Å². The molecule has 22 heavy (non-hydrogen) atoms. The standard InChI is InChI=1S/C16H14BrN3O2/c1-22-12-5-3-2-4-10(12)16(21)9-8-11-15(16)20-14(18-11)7-6-13(17)19-20/h2-7,21H,8-9H2,1H3. The van der Waals surface area contributed by atoms with Gasteiger partial charge in [-0.05, 0) is 47.0 Å². The maximum Gasteiger partial charge on any atom is 0.154 e. The minimum atomic E-state index is -1.14. The summed E-state index contributed by atoms with van der Waals surface area (Å²) in [5.41, 5.74) is 1.96. The molecule has 0 saturated carbocycles.